The summed E-state index contributed by atoms with van der Waals surface area (Å²) in [6.45, 7) is 5.43. The van der Waals surface area contributed by atoms with Gasteiger partial charge in [0.1, 0.15) is 5.60 Å². The molecular weight excluding hydrogens is 258 g/mol. The fraction of sp³-hybridized carbons (Fsp3) is 0.429. The van der Waals surface area contributed by atoms with Crippen molar-refractivity contribution in [2.75, 3.05) is 6.54 Å². The lowest BCUT2D eigenvalue weighted by Crippen LogP contribution is -2.41. The van der Waals surface area contributed by atoms with E-state index in [0.29, 0.717) is 0 Å². The standard InChI is InChI=1S/C14H21N3O3/c1-14(2,3)20-13(19)16-9-11(12(18)17-15)10-7-5-4-6-8-10/h4-8,11H,9,15H2,1-3H3,(H,16,19)(H,17,18). The molecule has 1 unspecified atom stereocenters. The van der Waals surface area contributed by atoms with Crippen molar-refractivity contribution in [2.24, 2.45) is 5.84 Å². The molecule has 1 aromatic carbocycles. The first-order chi connectivity index (χ1) is 9.33. The van der Waals surface area contributed by atoms with Crippen molar-refractivity contribution in [3.05, 3.63) is 35.9 Å². The lowest BCUT2D eigenvalue weighted by molar-refractivity contribution is -0.122. The largest absolute Gasteiger partial charge is 0.444 e. The number of hydrogen-bond donors (Lipinski definition) is 3. The smallest absolute Gasteiger partial charge is 0.407 e. The van der Waals surface area contributed by atoms with Crippen LogP contribution in [-0.2, 0) is 9.53 Å². The fourth-order valence-corrected chi connectivity index (χ4v) is 1.65. The molecule has 4 N–H and O–H groups in total. The highest BCUT2D eigenvalue weighted by Gasteiger charge is 2.22. The van der Waals surface area contributed by atoms with Crippen molar-refractivity contribution in [1.29, 1.82) is 0 Å². The van der Waals surface area contributed by atoms with E-state index >= 15 is 0 Å². The molecule has 6 nitrogen and oxygen atoms in total. The molecule has 0 heterocycles. The SMILES string of the molecule is CC(C)(C)OC(=O)NCC(C(=O)NN)c1ccccc1. The number of nitrogens with one attached hydrogen (secondary N) is 2. The molecule has 0 aromatic heterocycles. The van der Waals surface area contributed by atoms with Crippen LogP contribution in [0.5, 0.6) is 0 Å². The maximum absolute atomic E-state index is 11.8. The Morgan fingerprint density at radius 3 is 2.35 bits per heavy atom. The zero-order valence-corrected chi connectivity index (χ0v) is 12.0. The normalized spacial score (nSPS) is 12.4. The Labute approximate surface area is 118 Å². The van der Waals surface area contributed by atoms with Gasteiger partial charge in [-0.1, -0.05) is 30.3 Å². The van der Waals surface area contributed by atoms with E-state index in [4.69, 9.17) is 10.6 Å². The molecule has 0 saturated heterocycles. The van der Waals surface area contributed by atoms with Gasteiger partial charge in [0, 0.05) is 6.54 Å². The number of amides is 2. The zero-order valence-electron chi connectivity index (χ0n) is 12.0. The molecule has 1 atom stereocenters. The summed E-state index contributed by atoms with van der Waals surface area (Å²) in [4.78, 5) is 23.4. The molecule has 2 amide bonds. The number of hydrogen-bond acceptors (Lipinski definition) is 4. The van der Waals surface area contributed by atoms with Crippen molar-refractivity contribution >= 4 is 12.0 Å². The molecule has 20 heavy (non-hydrogen) atoms. The highest BCUT2D eigenvalue weighted by molar-refractivity contribution is 5.84. The summed E-state index contributed by atoms with van der Waals surface area (Å²) in [5, 5.41) is 2.58. The van der Waals surface area contributed by atoms with Crippen molar-refractivity contribution < 1.29 is 14.3 Å². The number of nitrogens with two attached hydrogens (primary N) is 1. The third-order valence-electron chi connectivity index (χ3n) is 2.51. The molecule has 0 aliphatic heterocycles. The van der Waals surface area contributed by atoms with Gasteiger partial charge in [0.2, 0.25) is 5.91 Å². The molecule has 0 saturated carbocycles. The van der Waals surface area contributed by atoms with Gasteiger partial charge in [-0.05, 0) is 26.3 Å². The summed E-state index contributed by atoms with van der Waals surface area (Å²) < 4.78 is 5.12. The van der Waals surface area contributed by atoms with Gasteiger partial charge in [-0.2, -0.15) is 0 Å². The van der Waals surface area contributed by atoms with Gasteiger partial charge >= 0.3 is 6.09 Å². The van der Waals surface area contributed by atoms with Crippen LogP contribution >= 0.6 is 0 Å². The Morgan fingerprint density at radius 1 is 1.25 bits per heavy atom. The van der Waals surface area contributed by atoms with E-state index in [9.17, 15) is 9.59 Å². The first-order valence-corrected chi connectivity index (χ1v) is 6.36. The summed E-state index contributed by atoms with van der Waals surface area (Å²) in [7, 11) is 0. The van der Waals surface area contributed by atoms with Crippen LogP contribution in [0.3, 0.4) is 0 Å². The minimum Gasteiger partial charge on any atom is -0.444 e. The van der Waals surface area contributed by atoms with Gasteiger partial charge in [0.05, 0.1) is 5.92 Å². The Balaban J connectivity index is 2.68. The molecule has 0 fully saturated rings. The summed E-state index contributed by atoms with van der Waals surface area (Å²) >= 11 is 0. The number of benzene rings is 1. The van der Waals surface area contributed by atoms with Gasteiger partial charge in [0.15, 0.2) is 0 Å². The van der Waals surface area contributed by atoms with E-state index < -0.39 is 17.6 Å². The first-order valence-electron chi connectivity index (χ1n) is 6.36. The Hall–Kier alpha value is -2.08. The molecule has 0 radical (unpaired) electrons. The van der Waals surface area contributed by atoms with Crippen molar-refractivity contribution in [3.8, 4) is 0 Å². The number of hydrazine groups is 1. The molecule has 0 aliphatic rings. The zero-order chi connectivity index (χ0) is 15.2. The van der Waals surface area contributed by atoms with Gasteiger partial charge < -0.3 is 10.1 Å². The minimum absolute atomic E-state index is 0.113. The molecule has 6 heteroatoms. The first kappa shape index (κ1) is 16.0. The molecule has 1 rings (SSSR count). The third kappa shape index (κ3) is 5.27. The van der Waals surface area contributed by atoms with E-state index in [1.165, 1.54) is 0 Å². The van der Waals surface area contributed by atoms with Crippen LogP contribution in [0.15, 0.2) is 30.3 Å². The maximum Gasteiger partial charge on any atom is 0.407 e. The van der Waals surface area contributed by atoms with Gasteiger partial charge in [-0.3, -0.25) is 10.2 Å². The second kappa shape index (κ2) is 6.91. The monoisotopic (exact) mass is 279 g/mol. The number of alkyl carbamates (subject to hydrolysis) is 1. The van der Waals surface area contributed by atoms with Crippen LogP contribution in [0.1, 0.15) is 32.3 Å². The second-order valence-corrected chi connectivity index (χ2v) is 5.35. The van der Waals surface area contributed by atoms with Crippen LogP contribution in [0.4, 0.5) is 4.79 Å². The van der Waals surface area contributed by atoms with Crippen LogP contribution in [0, 0.1) is 0 Å². The number of carbonyl (C=O) groups is 2. The van der Waals surface area contributed by atoms with Crippen LogP contribution < -0.4 is 16.6 Å². The molecule has 0 bridgehead atoms. The fourth-order valence-electron chi connectivity index (χ4n) is 1.65. The third-order valence-corrected chi connectivity index (χ3v) is 2.51. The summed E-state index contributed by atoms with van der Waals surface area (Å²) in [5.41, 5.74) is 2.29. The Bertz CT molecular complexity index is 454. The number of rotatable bonds is 4. The lowest BCUT2D eigenvalue weighted by atomic mass is 9.98. The van der Waals surface area contributed by atoms with E-state index in [2.05, 4.69) is 10.7 Å². The predicted molar refractivity (Wildman–Crippen MR) is 75.7 cm³/mol. The average Bonchev–Trinajstić information content (AvgIpc) is 2.37. The molecule has 0 aliphatic carbocycles. The van der Waals surface area contributed by atoms with Gasteiger partial charge in [-0.15, -0.1) is 0 Å². The van der Waals surface area contributed by atoms with Crippen LogP contribution in [-0.4, -0.2) is 24.1 Å². The quantitative estimate of drug-likeness (QED) is 0.440. The summed E-state index contributed by atoms with van der Waals surface area (Å²) in [6, 6.07) is 9.09. The predicted octanol–water partition coefficient (Wildman–Crippen LogP) is 1.28. The van der Waals surface area contributed by atoms with E-state index in [-0.39, 0.29) is 12.5 Å². The van der Waals surface area contributed by atoms with Crippen molar-refractivity contribution in [2.45, 2.75) is 32.3 Å². The Kier molecular flexibility index (Phi) is 5.52. The van der Waals surface area contributed by atoms with E-state index in [0.717, 1.165) is 5.56 Å². The maximum atomic E-state index is 11.8. The highest BCUT2D eigenvalue weighted by atomic mass is 16.6. The average molecular weight is 279 g/mol. The number of ether oxygens (including phenoxy) is 1. The molecular formula is C14H21N3O3. The second-order valence-electron chi connectivity index (χ2n) is 5.35. The topological polar surface area (TPSA) is 93.4 Å². The number of carbonyl (C=O) groups excluding carboxylic acids is 2. The van der Waals surface area contributed by atoms with Gasteiger partial charge in [0.25, 0.3) is 0 Å². The molecule has 0 spiro atoms. The molecule has 1 aromatic rings. The van der Waals surface area contributed by atoms with E-state index in [1.54, 1.807) is 32.9 Å². The molecule has 110 valence electrons. The lowest BCUT2D eigenvalue weighted by Gasteiger charge is -2.21. The Morgan fingerprint density at radius 2 is 1.85 bits per heavy atom. The summed E-state index contributed by atoms with van der Waals surface area (Å²) in [5.74, 6) is 4.25. The van der Waals surface area contributed by atoms with Crippen molar-refractivity contribution in [1.82, 2.24) is 10.7 Å². The van der Waals surface area contributed by atoms with E-state index in [1.807, 2.05) is 18.2 Å². The van der Waals surface area contributed by atoms with Crippen LogP contribution in [0.2, 0.25) is 0 Å². The van der Waals surface area contributed by atoms with Gasteiger partial charge in [-0.25, -0.2) is 10.6 Å². The van der Waals surface area contributed by atoms with Crippen LogP contribution in [0.25, 0.3) is 0 Å². The highest BCUT2D eigenvalue weighted by Crippen LogP contribution is 2.15. The van der Waals surface area contributed by atoms with Crippen molar-refractivity contribution in [3.63, 3.8) is 0 Å². The minimum atomic E-state index is -0.581. The summed E-state index contributed by atoms with van der Waals surface area (Å²) in [6.07, 6.45) is -0.566.